The summed E-state index contributed by atoms with van der Waals surface area (Å²) in [6.07, 6.45) is 9.30. The van der Waals surface area contributed by atoms with Crippen molar-refractivity contribution in [1.82, 2.24) is 0 Å². The van der Waals surface area contributed by atoms with Crippen LogP contribution in [0.25, 0.3) is 0 Å². The first kappa shape index (κ1) is 18.3. The van der Waals surface area contributed by atoms with Gasteiger partial charge in [-0.25, -0.2) is 0 Å². The van der Waals surface area contributed by atoms with E-state index in [1.54, 1.807) is 0 Å². The molecular formula is C23H28O5. The van der Waals surface area contributed by atoms with Crippen molar-refractivity contribution in [1.29, 1.82) is 0 Å². The van der Waals surface area contributed by atoms with Crippen LogP contribution in [-0.4, -0.2) is 35.8 Å². The van der Waals surface area contributed by atoms with Crippen LogP contribution in [0.2, 0.25) is 0 Å². The maximum atomic E-state index is 12.8. The van der Waals surface area contributed by atoms with E-state index in [1.807, 2.05) is 6.08 Å². The maximum absolute atomic E-state index is 12.8. The molecule has 0 unspecified atom stereocenters. The Balaban J connectivity index is 1.45. The third-order valence-corrected chi connectivity index (χ3v) is 8.62. The molecule has 2 saturated carbocycles. The molecule has 150 valence electrons. The first-order valence-corrected chi connectivity index (χ1v) is 10.5. The molecule has 0 aromatic rings. The van der Waals surface area contributed by atoms with Gasteiger partial charge in [0.15, 0.2) is 18.2 Å². The van der Waals surface area contributed by atoms with Gasteiger partial charge < -0.3 is 9.47 Å². The third-order valence-electron chi connectivity index (χ3n) is 8.62. The summed E-state index contributed by atoms with van der Waals surface area (Å²) >= 11 is 0. The van der Waals surface area contributed by atoms with Gasteiger partial charge in [0, 0.05) is 29.7 Å². The molecule has 28 heavy (non-hydrogen) atoms. The number of ketones is 2. The molecule has 3 fully saturated rings. The fraction of sp³-hybridized carbons (Fsp3) is 0.696. The largest absolute Gasteiger partial charge is 0.457 e. The molecule has 0 radical (unpaired) electrons. The Morgan fingerprint density at radius 3 is 2.79 bits per heavy atom. The van der Waals surface area contributed by atoms with Crippen molar-refractivity contribution < 1.29 is 23.9 Å². The SMILES string of the molecule is CC(=O)OCC(=O)C1=CC[C@H]2[C@@H]3CCC4=CC(=O)CC[C@]4(C)[C@@]34O[C@H]4C[C@]12C. The topological polar surface area (TPSA) is 73.0 Å². The number of esters is 1. The number of carbonyl (C=O) groups excluding carboxylic acids is 3. The molecule has 4 aliphatic carbocycles. The van der Waals surface area contributed by atoms with E-state index >= 15 is 0 Å². The average molecular weight is 384 g/mol. The zero-order chi connectivity index (χ0) is 19.9. The first-order chi connectivity index (χ1) is 13.2. The number of rotatable bonds is 3. The Kier molecular flexibility index (Phi) is 3.69. The molecule has 1 aliphatic heterocycles. The lowest BCUT2D eigenvalue weighted by Crippen LogP contribution is -2.57. The van der Waals surface area contributed by atoms with E-state index in [4.69, 9.17) is 9.47 Å². The van der Waals surface area contributed by atoms with E-state index < -0.39 is 5.97 Å². The Morgan fingerprint density at radius 2 is 2.04 bits per heavy atom. The molecule has 0 aromatic carbocycles. The van der Waals surface area contributed by atoms with E-state index in [0.29, 0.717) is 18.3 Å². The number of ether oxygens (including phenoxy) is 2. The number of Topliss-reactive ketones (excluding diaryl/α,β-unsaturated/α-hetero) is 1. The molecule has 0 bridgehead atoms. The molecule has 0 aromatic heterocycles. The summed E-state index contributed by atoms with van der Waals surface area (Å²) in [5, 5.41) is 0. The molecule has 1 heterocycles. The van der Waals surface area contributed by atoms with Gasteiger partial charge in [0.05, 0.1) is 6.10 Å². The van der Waals surface area contributed by atoms with Gasteiger partial charge in [-0.2, -0.15) is 0 Å². The second kappa shape index (κ2) is 5.65. The fourth-order valence-electron chi connectivity index (χ4n) is 7.26. The average Bonchev–Trinajstić information content (AvgIpc) is 3.25. The minimum atomic E-state index is -0.423. The number of allylic oxidation sites excluding steroid dienone is 2. The van der Waals surface area contributed by atoms with Crippen LogP contribution in [0.15, 0.2) is 23.3 Å². The molecule has 1 spiro atoms. The van der Waals surface area contributed by atoms with E-state index in [1.165, 1.54) is 12.5 Å². The van der Waals surface area contributed by atoms with Crippen molar-refractivity contribution in [2.24, 2.45) is 22.7 Å². The van der Waals surface area contributed by atoms with Crippen LogP contribution in [0.4, 0.5) is 0 Å². The Labute approximate surface area is 165 Å². The Bertz CT molecular complexity index is 853. The summed E-state index contributed by atoms with van der Waals surface area (Å²) in [5.74, 6) is 0.536. The monoisotopic (exact) mass is 384 g/mol. The van der Waals surface area contributed by atoms with E-state index in [-0.39, 0.29) is 40.7 Å². The molecule has 0 amide bonds. The zero-order valence-corrected chi connectivity index (χ0v) is 16.9. The quantitative estimate of drug-likeness (QED) is 0.551. The minimum absolute atomic E-state index is 0.0552. The van der Waals surface area contributed by atoms with Crippen LogP contribution >= 0.6 is 0 Å². The van der Waals surface area contributed by atoms with Gasteiger partial charge in [-0.05, 0) is 50.0 Å². The fourth-order valence-corrected chi connectivity index (χ4v) is 7.26. The molecule has 5 heteroatoms. The van der Waals surface area contributed by atoms with E-state index in [9.17, 15) is 14.4 Å². The van der Waals surface area contributed by atoms with Gasteiger partial charge in [-0.15, -0.1) is 0 Å². The number of fused-ring (bicyclic) bond motifs is 3. The van der Waals surface area contributed by atoms with Crippen molar-refractivity contribution >= 4 is 17.5 Å². The lowest BCUT2D eigenvalue weighted by Gasteiger charge is -2.55. The molecule has 1 saturated heterocycles. The van der Waals surface area contributed by atoms with Crippen molar-refractivity contribution in [2.75, 3.05) is 6.61 Å². The first-order valence-electron chi connectivity index (χ1n) is 10.5. The summed E-state index contributed by atoms with van der Waals surface area (Å²) < 4.78 is 11.5. The van der Waals surface area contributed by atoms with Gasteiger partial charge in [0.1, 0.15) is 5.60 Å². The smallest absolute Gasteiger partial charge is 0.303 e. The maximum Gasteiger partial charge on any atom is 0.303 e. The normalized spacial score (nSPS) is 45.7. The summed E-state index contributed by atoms with van der Waals surface area (Å²) in [6.45, 7) is 5.66. The number of epoxide rings is 1. The minimum Gasteiger partial charge on any atom is -0.457 e. The number of hydrogen-bond donors (Lipinski definition) is 0. The highest BCUT2D eigenvalue weighted by molar-refractivity contribution is 5.99. The summed E-state index contributed by atoms with van der Waals surface area (Å²) in [5.41, 5.74) is 1.68. The van der Waals surface area contributed by atoms with Crippen LogP contribution < -0.4 is 0 Å². The Hall–Kier alpha value is -1.75. The van der Waals surface area contributed by atoms with Crippen molar-refractivity contribution in [3.63, 3.8) is 0 Å². The van der Waals surface area contributed by atoms with Gasteiger partial charge in [-0.1, -0.05) is 25.5 Å². The standard InChI is InChI=1S/C23H28O5/c1-13(24)27-12-19(26)18-7-6-16-17-5-4-14-10-15(25)8-9-22(14,3)23(17)20(28-23)11-21(16,18)2/h7,10,16-17,20H,4-6,8-9,11-12H2,1-3H3/t16-,17-,20-,21-,22-,23+/m0/s1. The molecule has 6 atom stereocenters. The summed E-state index contributed by atoms with van der Waals surface area (Å²) in [4.78, 5) is 35.9. The predicted octanol–water partition coefficient (Wildman–Crippen LogP) is 3.32. The predicted molar refractivity (Wildman–Crippen MR) is 101 cm³/mol. The molecule has 5 nitrogen and oxygen atoms in total. The van der Waals surface area contributed by atoms with Crippen LogP contribution in [-0.2, 0) is 23.9 Å². The lowest BCUT2D eigenvalue weighted by atomic mass is 9.46. The zero-order valence-electron chi connectivity index (χ0n) is 16.9. The Morgan fingerprint density at radius 1 is 1.25 bits per heavy atom. The van der Waals surface area contributed by atoms with Crippen LogP contribution in [0.3, 0.4) is 0 Å². The summed E-state index contributed by atoms with van der Waals surface area (Å²) in [7, 11) is 0. The molecule has 5 aliphatic rings. The van der Waals surface area contributed by atoms with Crippen LogP contribution in [0, 0.1) is 22.7 Å². The van der Waals surface area contributed by atoms with Crippen molar-refractivity contribution in [3.05, 3.63) is 23.3 Å². The molecule has 0 N–H and O–H groups in total. The lowest BCUT2D eigenvalue weighted by molar-refractivity contribution is -0.145. The van der Waals surface area contributed by atoms with Crippen molar-refractivity contribution in [3.8, 4) is 0 Å². The number of carbonyl (C=O) groups is 3. The molecular weight excluding hydrogens is 356 g/mol. The van der Waals surface area contributed by atoms with E-state index in [0.717, 1.165) is 37.7 Å². The second-order valence-corrected chi connectivity index (χ2v) is 9.80. The third kappa shape index (κ3) is 2.14. The van der Waals surface area contributed by atoms with Gasteiger partial charge in [-0.3, -0.25) is 14.4 Å². The molecule has 5 rings (SSSR count). The summed E-state index contributed by atoms with van der Waals surface area (Å²) in [6, 6.07) is 0. The van der Waals surface area contributed by atoms with Crippen molar-refractivity contribution in [2.45, 2.75) is 71.0 Å². The van der Waals surface area contributed by atoms with Gasteiger partial charge in [0.25, 0.3) is 0 Å². The number of hydrogen-bond acceptors (Lipinski definition) is 5. The van der Waals surface area contributed by atoms with Crippen LogP contribution in [0.1, 0.15) is 59.3 Å². The highest BCUT2D eigenvalue weighted by Gasteiger charge is 2.78. The highest BCUT2D eigenvalue weighted by atomic mass is 16.6. The van der Waals surface area contributed by atoms with E-state index in [2.05, 4.69) is 19.9 Å². The van der Waals surface area contributed by atoms with Gasteiger partial charge >= 0.3 is 5.97 Å². The second-order valence-electron chi connectivity index (χ2n) is 9.80. The van der Waals surface area contributed by atoms with Crippen LogP contribution in [0.5, 0.6) is 0 Å². The van der Waals surface area contributed by atoms with Gasteiger partial charge in [0.2, 0.25) is 0 Å². The highest BCUT2D eigenvalue weighted by Crippen LogP contribution is 2.75.